The molecule has 1 amide bonds. The van der Waals surface area contributed by atoms with E-state index in [1.807, 2.05) is 24.5 Å². The first kappa shape index (κ1) is 20.8. The molecular weight excluding hydrogens is 413 g/mol. The molecule has 1 heterocycles. The average molecular weight is 434 g/mol. The van der Waals surface area contributed by atoms with Crippen molar-refractivity contribution >= 4 is 46.0 Å². The molecule has 0 aromatic heterocycles. The van der Waals surface area contributed by atoms with Gasteiger partial charge in [0.1, 0.15) is 6.04 Å². The number of hydrogen-bond acceptors (Lipinski definition) is 4. The minimum atomic E-state index is -0.450. The number of amides is 1. The number of carbonyl (C=O) groups excluding carboxylic acids is 1. The van der Waals surface area contributed by atoms with Crippen molar-refractivity contribution in [3.8, 4) is 0 Å². The molecule has 0 aliphatic carbocycles. The summed E-state index contributed by atoms with van der Waals surface area (Å²) in [7, 11) is 0. The molecule has 1 atom stereocenters. The van der Waals surface area contributed by atoms with Crippen LogP contribution in [0.2, 0.25) is 10.0 Å². The number of aryl methyl sites for hydroxylation is 1. The van der Waals surface area contributed by atoms with Crippen LogP contribution < -0.4 is 10.6 Å². The number of aliphatic imine (C=N–C) groups is 1. The van der Waals surface area contributed by atoms with Crippen LogP contribution in [0.4, 0.5) is 0 Å². The van der Waals surface area contributed by atoms with Crippen LogP contribution in [0.25, 0.3) is 0 Å². The van der Waals surface area contributed by atoms with Gasteiger partial charge in [-0.15, -0.1) is 0 Å². The molecule has 4 nitrogen and oxygen atoms in total. The van der Waals surface area contributed by atoms with Gasteiger partial charge in [0.15, 0.2) is 5.17 Å². The summed E-state index contributed by atoms with van der Waals surface area (Å²) in [5.74, 6) is -0.148. The Bertz CT molecular complexity index is 880. The molecular formula is C21H21Cl2N3OS. The number of benzene rings is 2. The minimum absolute atomic E-state index is 0.148. The first-order valence-corrected chi connectivity index (χ1v) is 10.9. The van der Waals surface area contributed by atoms with E-state index in [1.54, 1.807) is 24.4 Å². The molecule has 0 fully saturated rings. The lowest BCUT2D eigenvalue weighted by molar-refractivity contribution is -0.117. The summed E-state index contributed by atoms with van der Waals surface area (Å²) >= 11 is 13.8. The number of halogens is 2. The fourth-order valence-corrected chi connectivity index (χ4v) is 3.90. The van der Waals surface area contributed by atoms with Crippen molar-refractivity contribution in [1.82, 2.24) is 10.6 Å². The highest BCUT2D eigenvalue weighted by Crippen LogP contribution is 2.32. The van der Waals surface area contributed by atoms with Crippen LogP contribution in [0.3, 0.4) is 0 Å². The number of hydrogen-bond donors (Lipinski definition) is 2. The fraction of sp³-hybridized carbons (Fsp3) is 0.238. The van der Waals surface area contributed by atoms with E-state index in [1.165, 1.54) is 17.3 Å². The van der Waals surface area contributed by atoms with Crippen molar-refractivity contribution < 1.29 is 4.79 Å². The smallest absolute Gasteiger partial charge is 0.251 e. The number of amidine groups is 1. The maximum Gasteiger partial charge on any atom is 0.251 e. The van der Waals surface area contributed by atoms with Gasteiger partial charge in [-0.05, 0) is 48.4 Å². The van der Waals surface area contributed by atoms with Crippen molar-refractivity contribution in [1.29, 1.82) is 0 Å². The van der Waals surface area contributed by atoms with Crippen molar-refractivity contribution in [2.75, 3.05) is 12.8 Å². The second-order valence-electron chi connectivity index (χ2n) is 6.33. The van der Waals surface area contributed by atoms with Gasteiger partial charge in [0.05, 0.1) is 5.57 Å². The van der Waals surface area contributed by atoms with Gasteiger partial charge >= 0.3 is 0 Å². The highest BCUT2D eigenvalue weighted by Gasteiger charge is 2.26. The summed E-state index contributed by atoms with van der Waals surface area (Å²) in [6, 6.07) is 15.0. The molecule has 7 heteroatoms. The molecule has 28 heavy (non-hydrogen) atoms. The molecule has 3 rings (SSSR count). The third-order valence-electron chi connectivity index (χ3n) is 4.32. The summed E-state index contributed by atoms with van der Waals surface area (Å²) in [6.07, 6.45) is 5.42. The zero-order valence-electron chi connectivity index (χ0n) is 15.4. The number of nitrogens with zero attached hydrogens (tertiary/aromatic N) is 1. The van der Waals surface area contributed by atoms with Crippen molar-refractivity contribution in [3.63, 3.8) is 0 Å². The fourth-order valence-electron chi connectivity index (χ4n) is 2.97. The first-order chi connectivity index (χ1) is 13.6. The van der Waals surface area contributed by atoms with Crippen molar-refractivity contribution in [2.45, 2.75) is 18.9 Å². The van der Waals surface area contributed by atoms with Gasteiger partial charge in [-0.2, -0.15) is 0 Å². The summed E-state index contributed by atoms with van der Waals surface area (Å²) in [5.41, 5.74) is 2.59. The lowest BCUT2D eigenvalue weighted by Gasteiger charge is -2.23. The van der Waals surface area contributed by atoms with Crippen LogP contribution in [0.15, 0.2) is 65.3 Å². The Morgan fingerprint density at radius 2 is 1.89 bits per heavy atom. The van der Waals surface area contributed by atoms with Gasteiger partial charge in [0.25, 0.3) is 5.91 Å². The standard InChI is InChI=1S/C21H21Cl2N3OS/c1-28-21-25-13-18(19(26-21)15-10-16(22)12-17(23)11-15)20(27)24-9-5-8-14-6-3-2-4-7-14/h2-4,6-7,10-13,19H,5,8-9H2,1H3,(H,24,27)(H,25,26). The predicted octanol–water partition coefficient (Wildman–Crippen LogP) is 4.99. The van der Waals surface area contributed by atoms with Crippen LogP contribution in [0.5, 0.6) is 0 Å². The molecule has 1 unspecified atom stereocenters. The number of thioether (sulfide) groups is 1. The van der Waals surface area contributed by atoms with Crippen LogP contribution in [-0.2, 0) is 11.2 Å². The van der Waals surface area contributed by atoms with Gasteiger partial charge < -0.3 is 10.6 Å². The van der Waals surface area contributed by atoms with Crippen LogP contribution in [-0.4, -0.2) is 23.9 Å². The van der Waals surface area contributed by atoms with Gasteiger partial charge in [0, 0.05) is 22.8 Å². The van der Waals surface area contributed by atoms with E-state index in [4.69, 9.17) is 23.2 Å². The molecule has 2 N–H and O–H groups in total. The van der Waals surface area contributed by atoms with E-state index >= 15 is 0 Å². The Labute approximate surface area is 179 Å². The Morgan fingerprint density at radius 1 is 1.18 bits per heavy atom. The van der Waals surface area contributed by atoms with E-state index in [-0.39, 0.29) is 5.91 Å². The Balaban J connectivity index is 1.67. The van der Waals surface area contributed by atoms with E-state index in [0.717, 1.165) is 23.6 Å². The van der Waals surface area contributed by atoms with Gasteiger partial charge in [0.2, 0.25) is 0 Å². The van der Waals surface area contributed by atoms with Crippen LogP contribution in [0, 0.1) is 0 Å². The maximum absolute atomic E-state index is 12.8. The summed E-state index contributed by atoms with van der Waals surface area (Å²) in [4.78, 5) is 17.4. The normalized spacial score (nSPS) is 16.0. The van der Waals surface area contributed by atoms with E-state index in [2.05, 4.69) is 27.8 Å². The monoisotopic (exact) mass is 433 g/mol. The SMILES string of the molecule is CSC1=NC(c2cc(Cl)cc(Cl)c2)C(C(=O)NCCCc2ccccc2)=CN1. The van der Waals surface area contributed by atoms with E-state index in [0.29, 0.717) is 22.2 Å². The quantitative estimate of drug-likeness (QED) is 0.630. The number of rotatable bonds is 6. The highest BCUT2D eigenvalue weighted by atomic mass is 35.5. The van der Waals surface area contributed by atoms with Gasteiger partial charge in [-0.25, -0.2) is 4.99 Å². The third kappa shape index (κ3) is 5.53. The summed E-state index contributed by atoms with van der Waals surface area (Å²) < 4.78 is 0. The first-order valence-electron chi connectivity index (χ1n) is 8.93. The zero-order chi connectivity index (χ0) is 19.9. The molecule has 146 valence electrons. The zero-order valence-corrected chi connectivity index (χ0v) is 17.7. The molecule has 0 bridgehead atoms. The third-order valence-corrected chi connectivity index (χ3v) is 5.37. The van der Waals surface area contributed by atoms with Gasteiger partial charge in [-0.1, -0.05) is 65.3 Å². The number of carbonyl (C=O) groups is 1. The largest absolute Gasteiger partial charge is 0.352 e. The Hall–Kier alpha value is -1.95. The van der Waals surface area contributed by atoms with E-state index < -0.39 is 6.04 Å². The van der Waals surface area contributed by atoms with Crippen LogP contribution in [0.1, 0.15) is 23.6 Å². The Morgan fingerprint density at radius 3 is 2.57 bits per heavy atom. The molecule has 2 aromatic rings. The number of nitrogens with one attached hydrogen (secondary N) is 2. The lowest BCUT2D eigenvalue weighted by atomic mass is 9.98. The second kappa shape index (κ2) is 10.0. The molecule has 1 aliphatic heterocycles. The molecule has 0 spiro atoms. The molecule has 0 saturated carbocycles. The molecule has 0 radical (unpaired) electrons. The second-order valence-corrected chi connectivity index (χ2v) is 8.00. The predicted molar refractivity (Wildman–Crippen MR) is 119 cm³/mol. The lowest BCUT2D eigenvalue weighted by Crippen LogP contribution is -2.33. The molecule has 0 saturated heterocycles. The summed E-state index contributed by atoms with van der Waals surface area (Å²) in [6.45, 7) is 0.590. The van der Waals surface area contributed by atoms with E-state index in [9.17, 15) is 4.79 Å². The highest BCUT2D eigenvalue weighted by molar-refractivity contribution is 8.13. The summed E-state index contributed by atoms with van der Waals surface area (Å²) in [5, 5.41) is 7.84. The van der Waals surface area contributed by atoms with Gasteiger partial charge in [-0.3, -0.25) is 4.79 Å². The minimum Gasteiger partial charge on any atom is -0.352 e. The molecule has 1 aliphatic rings. The molecule has 2 aromatic carbocycles. The van der Waals surface area contributed by atoms with Crippen LogP contribution >= 0.6 is 35.0 Å². The van der Waals surface area contributed by atoms with Crippen molar-refractivity contribution in [2.24, 2.45) is 4.99 Å². The topological polar surface area (TPSA) is 53.5 Å². The van der Waals surface area contributed by atoms with Crippen molar-refractivity contribution in [3.05, 3.63) is 81.5 Å². The Kier molecular flexibility index (Phi) is 7.43. The average Bonchev–Trinajstić information content (AvgIpc) is 2.70. The maximum atomic E-state index is 12.8.